The topological polar surface area (TPSA) is 63.6 Å². The van der Waals surface area contributed by atoms with Gasteiger partial charge in [0.2, 0.25) is 0 Å². The minimum Gasteiger partial charge on any atom is -0.506 e. The van der Waals surface area contributed by atoms with E-state index < -0.39 is 0 Å². The van der Waals surface area contributed by atoms with Crippen LogP contribution in [0.15, 0.2) is 12.1 Å². The fourth-order valence-electron chi connectivity index (χ4n) is 1.19. The van der Waals surface area contributed by atoms with Gasteiger partial charge in [0.25, 0.3) is 0 Å². The summed E-state index contributed by atoms with van der Waals surface area (Å²) in [7, 11) is 1.39. The summed E-state index contributed by atoms with van der Waals surface area (Å²) >= 11 is 0. The van der Waals surface area contributed by atoms with Crippen LogP contribution < -0.4 is 4.74 Å². The van der Waals surface area contributed by atoms with Crippen molar-refractivity contribution >= 4 is 12.1 Å². The van der Waals surface area contributed by atoms with Gasteiger partial charge in [0, 0.05) is 0 Å². The van der Waals surface area contributed by atoms with E-state index in [0.717, 1.165) is 0 Å². The molecule has 0 amide bonds. The van der Waals surface area contributed by atoms with E-state index in [1.165, 1.54) is 26.2 Å². The van der Waals surface area contributed by atoms with Crippen molar-refractivity contribution < 1.29 is 19.4 Å². The highest BCUT2D eigenvalue weighted by atomic mass is 16.5. The molecule has 1 rings (SSSR count). The van der Waals surface area contributed by atoms with Gasteiger partial charge in [0.1, 0.15) is 17.1 Å². The van der Waals surface area contributed by atoms with Crippen molar-refractivity contribution in [2.75, 3.05) is 7.11 Å². The number of phenolic OH excluding ortho intramolecular Hbond substituents is 1. The Kier molecular flexibility index (Phi) is 2.86. The van der Waals surface area contributed by atoms with Crippen LogP contribution in [0.2, 0.25) is 0 Å². The number of hydrogen-bond donors (Lipinski definition) is 1. The molecular formula is C10H10O4. The number of methoxy groups -OCH3 is 1. The summed E-state index contributed by atoms with van der Waals surface area (Å²) in [5.74, 6) is -0.407. The SMILES string of the molecule is COc1ccc(C=O)c(O)c1C(C)=O. The van der Waals surface area contributed by atoms with Crippen LogP contribution in [0, 0.1) is 0 Å². The molecule has 0 aliphatic rings. The number of carbonyl (C=O) groups is 2. The second-order valence-corrected chi connectivity index (χ2v) is 2.75. The average molecular weight is 194 g/mol. The highest BCUT2D eigenvalue weighted by Crippen LogP contribution is 2.30. The predicted molar refractivity (Wildman–Crippen MR) is 50.1 cm³/mol. The number of aldehydes is 1. The van der Waals surface area contributed by atoms with Crippen LogP contribution in [0.5, 0.6) is 11.5 Å². The minimum atomic E-state index is -0.344. The van der Waals surface area contributed by atoms with Crippen molar-refractivity contribution in [2.45, 2.75) is 6.92 Å². The normalized spacial score (nSPS) is 9.57. The number of phenols is 1. The number of ether oxygens (including phenoxy) is 1. The second-order valence-electron chi connectivity index (χ2n) is 2.75. The molecule has 0 unspecified atom stereocenters. The van der Waals surface area contributed by atoms with Crippen LogP contribution in [0.4, 0.5) is 0 Å². The lowest BCUT2D eigenvalue weighted by Gasteiger charge is -2.08. The number of benzene rings is 1. The average Bonchev–Trinajstić information content (AvgIpc) is 2.16. The molecule has 0 radical (unpaired) electrons. The molecule has 0 aromatic heterocycles. The van der Waals surface area contributed by atoms with Gasteiger partial charge in [-0.3, -0.25) is 9.59 Å². The molecule has 0 saturated carbocycles. The maximum atomic E-state index is 11.2. The van der Waals surface area contributed by atoms with Gasteiger partial charge in [-0.05, 0) is 19.1 Å². The molecule has 0 saturated heterocycles. The number of hydrogen-bond acceptors (Lipinski definition) is 4. The number of Topliss-reactive ketones (excluding diaryl/α,β-unsaturated/α-hetero) is 1. The lowest BCUT2D eigenvalue weighted by atomic mass is 10.1. The number of ketones is 1. The van der Waals surface area contributed by atoms with Gasteiger partial charge in [0.15, 0.2) is 12.1 Å². The molecule has 0 bridgehead atoms. The third kappa shape index (κ3) is 1.59. The Hall–Kier alpha value is -1.84. The molecule has 0 atom stereocenters. The van der Waals surface area contributed by atoms with Gasteiger partial charge >= 0.3 is 0 Å². The summed E-state index contributed by atoms with van der Waals surface area (Å²) < 4.78 is 4.89. The molecule has 4 nitrogen and oxygen atoms in total. The first-order chi connectivity index (χ1) is 6.61. The molecule has 14 heavy (non-hydrogen) atoms. The van der Waals surface area contributed by atoms with E-state index in [0.29, 0.717) is 6.29 Å². The maximum Gasteiger partial charge on any atom is 0.167 e. The molecule has 1 N–H and O–H groups in total. The lowest BCUT2D eigenvalue weighted by Crippen LogP contribution is -2.00. The Morgan fingerprint density at radius 1 is 1.50 bits per heavy atom. The van der Waals surface area contributed by atoms with E-state index in [2.05, 4.69) is 0 Å². The number of carbonyl (C=O) groups excluding carboxylic acids is 2. The summed E-state index contributed by atoms with van der Waals surface area (Å²) in [5.41, 5.74) is 0.119. The van der Waals surface area contributed by atoms with Gasteiger partial charge in [-0.2, -0.15) is 0 Å². The van der Waals surface area contributed by atoms with E-state index in [9.17, 15) is 14.7 Å². The van der Waals surface area contributed by atoms with Crippen LogP contribution in [0.3, 0.4) is 0 Å². The smallest absolute Gasteiger partial charge is 0.167 e. The van der Waals surface area contributed by atoms with Gasteiger partial charge in [-0.15, -0.1) is 0 Å². The zero-order chi connectivity index (χ0) is 10.7. The van der Waals surface area contributed by atoms with Gasteiger partial charge in [-0.25, -0.2) is 0 Å². The number of aromatic hydroxyl groups is 1. The molecule has 0 fully saturated rings. The third-order valence-corrected chi connectivity index (χ3v) is 1.87. The highest BCUT2D eigenvalue weighted by molar-refractivity contribution is 6.02. The Labute approximate surface area is 81.1 Å². The first-order valence-corrected chi connectivity index (χ1v) is 3.98. The Morgan fingerprint density at radius 3 is 2.57 bits per heavy atom. The van der Waals surface area contributed by atoms with E-state index in [1.54, 1.807) is 0 Å². The Balaban J connectivity index is 3.46. The van der Waals surface area contributed by atoms with Crippen molar-refractivity contribution in [1.29, 1.82) is 0 Å². The largest absolute Gasteiger partial charge is 0.506 e. The van der Waals surface area contributed by atoms with E-state index in [-0.39, 0.29) is 28.4 Å². The highest BCUT2D eigenvalue weighted by Gasteiger charge is 2.16. The zero-order valence-electron chi connectivity index (χ0n) is 7.90. The van der Waals surface area contributed by atoms with Gasteiger partial charge in [-0.1, -0.05) is 0 Å². The van der Waals surface area contributed by atoms with Crippen LogP contribution in [0.25, 0.3) is 0 Å². The van der Waals surface area contributed by atoms with Crippen molar-refractivity contribution in [2.24, 2.45) is 0 Å². The minimum absolute atomic E-state index is 0.0390. The fourth-order valence-corrected chi connectivity index (χ4v) is 1.19. The number of rotatable bonds is 3. The van der Waals surface area contributed by atoms with Crippen LogP contribution in [-0.4, -0.2) is 24.3 Å². The Bertz CT molecular complexity index is 382. The summed E-state index contributed by atoms with van der Waals surface area (Å²) in [4.78, 5) is 21.6. The summed E-state index contributed by atoms with van der Waals surface area (Å²) in [6, 6.07) is 2.87. The molecule has 0 aliphatic carbocycles. The van der Waals surface area contributed by atoms with E-state index in [1.807, 2.05) is 0 Å². The molecule has 0 spiro atoms. The van der Waals surface area contributed by atoms with E-state index >= 15 is 0 Å². The van der Waals surface area contributed by atoms with Crippen LogP contribution in [-0.2, 0) is 0 Å². The summed E-state index contributed by atoms with van der Waals surface area (Å²) in [6.07, 6.45) is 0.487. The lowest BCUT2D eigenvalue weighted by molar-refractivity contribution is 0.101. The van der Waals surface area contributed by atoms with E-state index in [4.69, 9.17) is 4.74 Å². The second kappa shape index (κ2) is 3.91. The zero-order valence-corrected chi connectivity index (χ0v) is 7.90. The van der Waals surface area contributed by atoms with Crippen molar-refractivity contribution in [3.05, 3.63) is 23.3 Å². The molecule has 0 heterocycles. The standard InChI is InChI=1S/C10H10O4/c1-6(12)9-8(14-2)4-3-7(5-11)10(9)13/h3-5,13H,1-2H3. The Morgan fingerprint density at radius 2 is 2.14 bits per heavy atom. The molecule has 4 heteroatoms. The van der Waals surface area contributed by atoms with Crippen molar-refractivity contribution in [3.63, 3.8) is 0 Å². The third-order valence-electron chi connectivity index (χ3n) is 1.87. The first kappa shape index (κ1) is 10.2. The molecule has 1 aromatic carbocycles. The summed E-state index contributed by atoms with van der Waals surface area (Å²) in [5, 5.41) is 9.54. The molecule has 1 aromatic rings. The van der Waals surface area contributed by atoms with Crippen molar-refractivity contribution in [3.8, 4) is 11.5 Å². The maximum absolute atomic E-state index is 11.2. The van der Waals surface area contributed by atoms with Crippen LogP contribution in [0.1, 0.15) is 27.6 Å². The van der Waals surface area contributed by atoms with Gasteiger partial charge in [0.05, 0.1) is 12.7 Å². The molecule has 74 valence electrons. The monoisotopic (exact) mass is 194 g/mol. The fraction of sp³-hybridized carbons (Fsp3) is 0.200. The van der Waals surface area contributed by atoms with Crippen molar-refractivity contribution in [1.82, 2.24) is 0 Å². The van der Waals surface area contributed by atoms with Crippen LogP contribution >= 0.6 is 0 Å². The first-order valence-electron chi connectivity index (χ1n) is 3.98. The quantitative estimate of drug-likeness (QED) is 0.583. The molecular weight excluding hydrogens is 184 g/mol. The molecule has 0 aliphatic heterocycles. The predicted octanol–water partition coefficient (Wildman–Crippen LogP) is 1.42. The van der Waals surface area contributed by atoms with Gasteiger partial charge < -0.3 is 9.84 Å². The summed E-state index contributed by atoms with van der Waals surface area (Å²) in [6.45, 7) is 1.30.